The lowest BCUT2D eigenvalue weighted by Gasteiger charge is -2.20. The molecule has 0 aliphatic rings. The van der Waals surface area contributed by atoms with Gasteiger partial charge in [-0.2, -0.15) is 4.72 Å². The monoisotopic (exact) mass is 502 g/mol. The van der Waals surface area contributed by atoms with Crippen LogP contribution in [0.2, 0.25) is 5.02 Å². The van der Waals surface area contributed by atoms with Crippen LogP contribution in [0.3, 0.4) is 0 Å². The quantitative estimate of drug-likeness (QED) is 0.418. The fourth-order valence-electron chi connectivity index (χ4n) is 3.39. The van der Waals surface area contributed by atoms with Gasteiger partial charge in [-0.25, -0.2) is 8.42 Å². The molecule has 0 aromatic heterocycles. The summed E-state index contributed by atoms with van der Waals surface area (Å²) in [4.78, 5) is 12.9. The van der Waals surface area contributed by atoms with Crippen molar-refractivity contribution in [1.29, 1.82) is 0 Å². The molecule has 0 saturated heterocycles. The Morgan fingerprint density at radius 1 is 0.941 bits per heavy atom. The first-order valence-electron chi connectivity index (χ1n) is 10.6. The number of nitrogens with one attached hydrogen (secondary N) is 2. The highest BCUT2D eigenvalue weighted by molar-refractivity contribution is 7.89. The first-order chi connectivity index (χ1) is 16.3. The molecule has 1 amide bonds. The van der Waals surface area contributed by atoms with Crippen LogP contribution in [0, 0.1) is 0 Å². The Hall–Kier alpha value is -3.07. The second kappa shape index (κ2) is 11.9. The Balaban J connectivity index is 1.76. The Bertz CT molecular complexity index is 1200. The zero-order chi connectivity index (χ0) is 24.6. The van der Waals surface area contributed by atoms with Crippen molar-refractivity contribution in [2.45, 2.75) is 23.8 Å². The van der Waals surface area contributed by atoms with E-state index in [0.29, 0.717) is 13.0 Å². The van der Waals surface area contributed by atoms with Crippen LogP contribution in [0.1, 0.15) is 11.1 Å². The van der Waals surface area contributed by atoms with Gasteiger partial charge in [0.05, 0.1) is 14.2 Å². The van der Waals surface area contributed by atoms with Crippen molar-refractivity contribution < 1.29 is 22.7 Å². The first kappa shape index (κ1) is 25.6. The molecule has 0 aliphatic carbocycles. The molecule has 3 aromatic carbocycles. The molecule has 3 aromatic rings. The van der Waals surface area contributed by atoms with Crippen molar-refractivity contribution in [2.24, 2.45) is 0 Å². The molecular weight excluding hydrogens is 476 g/mol. The summed E-state index contributed by atoms with van der Waals surface area (Å²) in [5.41, 5.74) is 1.84. The summed E-state index contributed by atoms with van der Waals surface area (Å²) < 4.78 is 39.2. The topological polar surface area (TPSA) is 93.7 Å². The molecular formula is C25H27ClN2O5S. The summed E-state index contributed by atoms with van der Waals surface area (Å²) in [5, 5.41) is 3.08. The third kappa shape index (κ3) is 6.96. The molecule has 0 spiro atoms. The van der Waals surface area contributed by atoms with Crippen LogP contribution in [0.4, 0.5) is 0 Å². The molecule has 180 valence electrons. The Labute approximate surface area is 205 Å². The van der Waals surface area contributed by atoms with E-state index in [-0.39, 0.29) is 22.1 Å². The minimum absolute atomic E-state index is 0.133. The molecule has 0 radical (unpaired) electrons. The van der Waals surface area contributed by atoms with Gasteiger partial charge in [-0.05, 0) is 54.3 Å². The number of carbonyl (C=O) groups excluding carboxylic acids is 1. The van der Waals surface area contributed by atoms with Crippen LogP contribution >= 0.6 is 11.6 Å². The molecule has 0 heterocycles. The van der Waals surface area contributed by atoms with Gasteiger partial charge in [0.25, 0.3) is 0 Å². The number of benzene rings is 3. The van der Waals surface area contributed by atoms with Crippen LogP contribution in [-0.4, -0.2) is 41.1 Å². The van der Waals surface area contributed by atoms with Crippen molar-refractivity contribution in [1.82, 2.24) is 10.0 Å². The summed E-state index contributed by atoms with van der Waals surface area (Å²) >= 11 is 6.02. The second-order valence-electron chi connectivity index (χ2n) is 7.55. The van der Waals surface area contributed by atoms with E-state index in [1.165, 1.54) is 25.3 Å². The van der Waals surface area contributed by atoms with E-state index >= 15 is 0 Å². The highest BCUT2D eigenvalue weighted by Crippen LogP contribution is 2.27. The van der Waals surface area contributed by atoms with Crippen molar-refractivity contribution in [3.8, 4) is 11.5 Å². The smallest absolute Gasteiger partial charge is 0.245 e. The maximum Gasteiger partial charge on any atom is 0.245 e. The highest BCUT2D eigenvalue weighted by atomic mass is 35.5. The zero-order valence-corrected chi connectivity index (χ0v) is 20.5. The molecule has 1 atom stereocenters. The van der Waals surface area contributed by atoms with Crippen LogP contribution < -0.4 is 19.5 Å². The summed E-state index contributed by atoms with van der Waals surface area (Å²) in [7, 11) is -1.14. The zero-order valence-electron chi connectivity index (χ0n) is 19.0. The van der Waals surface area contributed by atoms with E-state index in [0.717, 1.165) is 16.9 Å². The van der Waals surface area contributed by atoms with E-state index in [4.69, 9.17) is 21.1 Å². The molecule has 7 nitrogen and oxygen atoms in total. The van der Waals surface area contributed by atoms with Gasteiger partial charge in [-0.3, -0.25) is 4.79 Å². The van der Waals surface area contributed by atoms with Gasteiger partial charge in [0.15, 0.2) is 0 Å². The van der Waals surface area contributed by atoms with Crippen molar-refractivity contribution in [3.63, 3.8) is 0 Å². The number of methoxy groups -OCH3 is 2. The molecule has 0 bridgehead atoms. The number of rotatable bonds is 11. The van der Waals surface area contributed by atoms with Crippen LogP contribution in [0.15, 0.2) is 77.7 Å². The van der Waals surface area contributed by atoms with E-state index in [2.05, 4.69) is 10.0 Å². The summed E-state index contributed by atoms with van der Waals surface area (Å²) in [5.74, 6) is 0.457. The third-order valence-electron chi connectivity index (χ3n) is 5.18. The maximum atomic E-state index is 13.2. The highest BCUT2D eigenvalue weighted by Gasteiger charge is 2.28. The second-order valence-corrected chi connectivity index (χ2v) is 9.67. The summed E-state index contributed by atoms with van der Waals surface area (Å²) in [6.07, 6.45) is 0.764. The van der Waals surface area contributed by atoms with Crippen molar-refractivity contribution in [3.05, 3.63) is 88.9 Å². The average molecular weight is 503 g/mol. The predicted molar refractivity (Wildman–Crippen MR) is 132 cm³/mol. The molecule has 0 saturated carbocycles. The number of halogens is 1. The third-order valence-corrected chi connectivity index (χ3v) is 6.91. The molecule has 9 heteroatoms. The number of hydrogen-bond donors (Lipinski definition) is 2. The minimum Gasteiger partial charge on any atom is -0.497 e. The van der Waals surface area contributed by atoms with Crippen molar-refractivity contribution in [2.75, 3.05) is 20.8 Å². The van der Waals surface area contributed by atoms with Crippen molar-refractivity contribution >= 4 is 27.5 Å². The van der Waals surface area contributed by atoms with Gasteiger partial charge in [-0.15, -0.1) is 0 Å². The lowest BCUT2D eigenvalue weighted by atomic mass is 10.1. The van der Waals surface area contributed by atoms with Gasteiger partial charge in [0.1, 0.15) is 22.4 Å². The standard InChI is InChI=1S/C25H27ClN2O5S/c1-32-21-11-8-18(9-12-21)14-15-27-25(29)22(16-19-6-4-3-5-7-19)28-34(30,31)24-17-20(26)10-13-23(24)33-2/h3-13,17,22,28H,14-16H2,1-2H3,(H,27,29)/t22-/m1/s1. The fourth-order valence-corrected chi connectivity index (χ4v) is 5.02. The Kier molecular flexibility index (Phi) is 8.92. The number of hydrogen-bond acceptors (Lipinski definition) is 5. The van der Waals surface area contributed by atoms with Crippen LogP contribution in [-0.2, 0) is 27.7 Å². The first-order valence-corrected chi connectivity index (χ1v) is 12.5. The van der Waals surface area contributed by atoms with Crippen LogP contribution in [0.25, 0.3) is 0 Å². The largest absolute Gasteiger partial charge is 0.497 e. The normalized spacial score (nSPS) is 12.1. The van der Waals surface area contributed by atoms with E-state index < -0.39 is 22.0 Å². The Morgan fingerprint density at radius 3 is 2.29 bits per heavy atom. The average Bonchev–Trinajstić information content (AvgIpc) is 2.84. The van der Waals surface area contributed by atoms with Crippen LogP contribution in [0.5, 0.6) is 11.5 Å². The maximum absolute atomic E-state index is 13.2. The fraction of sp³-hybridized carbons (Fsp3) is 0.240. The number of carbonyl (C=O) groups is 1. The van der Waals surface area contributed by atoms with E-state index in [1.54, 1.807) is 7.11 Å². The minimum atomic E-state index is -4.11. The number of ether oxygens (including phenoxy) is 2. The SMILES string of the molecule is COc1ccc(CCNC(=O)[C@@H](Cc2ccccc2)NS(=O)(=O)c2cc(Cl)ccc2OC)cc1. The van der Waals surface area contributed by atoms with Gasteiger partial charge in [0, 0.05) is 11.6 Å². The molecule has 34 heavy (non-hydrogen) atoms. The molecule has 0 aliphatic heterocycles. The summed E-state index contributed by atoms with van der Waals surface area (Å²) in [6, 6.07) is 20.0. The predicted octanol–water partition coefficient (Wildman–Crippen LogP) is 3.61. The number of amides is 1. The summed E-state index contributed by atoms with van der Waals surface area (Å²) in [6.45, 7) is 0.346. The Morgan fingerprint density at radius 2 is 1.65 bits per heavy atom. The van der Waals surface area contributed by atoms with Gasteiger partial charge >= 0.3 is 0 Å². The molecule has 0 fully saturated rings. The molecule has 3 rings (SSSR count). The molecule has 0 unspecified atom stereocenters. The van der Waals surface area contributed by atoms with E-state index in [9.17, 15) is 13.2 Å². The van der Waals surface area contributed by atoms with E-state index in [1.807, 2.05) is 54.6 Å². The van der Waals surface area contributed by atoms with Gasteiger partial charge in [0.2, 0.25) is 15.9 Å². The molecule has 2 N–H and O–H groups in total. The van der Waals surface area contributed by atoms with Gasteiger partial charge in [-0.1, -0.05) is 54.1 Å². The lowest BCUT2D eigenvalue weighted by molar-refractivity contribution is -0.122. The lowest BCUT2D eigenvalue weighted by Crippen LogP contribution is -2.48. The van der Waals surface area contributed by atoms with Gasteiger partial charge < -0.3 is 14.8 Å². The number of sulfonamides is 1.